The lowest BCUT2D eigenvalue weighted by molar-refractivity contribution is 0.0718. The third kappa shape index (κ3) is 4.54. The lowest BCUT2D eigenvalue weighted by Crippen LogP contribution is -2.55. The fourth-order valence-electron chi connectivity index (χ4n) is 5.17. The van der Waals surface area contributed by atoms with Crippen LogP contribution in [0.3, 0.4) is 0 Å². The molecule has 3 atom stereocenters. The van der Waals surface area contributed by atoms with Crippen LogP contribution in [0.4, 0.5) is 10.1 Å². The van der Waals surface area contributed by atoms with Crippen LogP contribution in [-0.4, -0.2) is 71.7 Å². The van der Waals surface area contributed by atoms with Crippen LogP contribution in [0, 0.1) is 5.82 Å². The molecule has 3 aliphatic rings. The van der Waals surface area contributed by atoms with Crippen molar-refractivity contribution in [2.45, 2.75) is 42.3 Å². The second kappa shape index (κ2) is 9.33. The average molecular weight is 492 g/mol. The van der Waals surface area contributed by atoms with E-state index in [4.69, 9.17) is 16.3 Å². The fourth-order valence-corrected chi connectivity index (χ4v) is 6.45. The van der Waals surface area contributed by atoms with Crippen LogP contribution in [0.5, 0.6) is 5.75 Å². The number of β-amino-alcohol motifs (C(OH)–C–C–N with tert-alkyl or cyclic N) is 1. The number of carbonyl (C=O) groups is 1. The van der Waals surface area contributed by atoms with Gasteiger partial charge in [0.2, 0.25) is 0 Å². The molecule has 3 unspecified atom stereocenters. The normalized spacial score (nSPS) is 25.0. The molecule has 0 spiro atoms. The Morgan fingerprint density at radius 2 is 1.88 bits per heavy atom. The van der Waals surface area contributed by atoms with Crippen molar-refractivity contribution in [1.82, 2.24) is 9.21 Å². The number of fused-ring (bicyclic) bond motifs is 2. The van der Waals surface area contributed by atoms with E-state index < -0.39 is 5.82 Å². The Bertz CT molecular complexity index is 1040. The zero-order valence-corrected chi connectivity index (χ0v) is 20.0. The Labute approximate surface area is 202 Å². The van der Waals surface area contributed by atoms with Gasteiger partial charge in [0.05, 0.1) is 29.5 Å². The van der Waals surface area contributed by atoms with Crippen LogP contribution < -0.4 is 9.64 Å². The molecule has 3 saturated heterocycles. The number of rotatable bonds is 5. The summed E-state index contributed by atoms with van der Waals surface area (Å²) < 4.78 is 21.3. The lowest BCUT2D eigenvalue weighted by Gasteiger charge is -2.43. The summed E-state index contributed by atoms with van der Waals surface area (Å²) in [6.07, 6.45) is 2.52. The summed E-state index contributed by atoms with van der Waals surface area (Å²) in [6, 6.07) is 10.5. The van der Waals surface area contributed by atoms with E-state index in [1.165, 1.54) is 18.2 Å². The molecule has 0 aliphatic carbocycles. The average Bonchev–Trinajstić information content (AvgIpc) is 3.32. The molecule has 0 radical (unpaired) electrons. The van der Waals surface area contributed by atoms with Gasteiger partial charge in [0.15, 0.2) is 0 Å². The summed E-state index contributed by atoms with van der Waals surface area (Å²) in [5, 5.41) is 9.98. The Balaban J connectivity index is 1.36. The number of aliphatic hydroxyl groups is 1. The molecular weight excluding hydrogens is 465 g/mol. The number of methoxy groups -OCH3 is 1. The van der Waals surface area contributed by atoms with Gasteiger partial charge in [-0.15, -0.1) is 0 Å². The number of piperazine rings is 1. The second-order valence-corrected chi connectivity index (χ2v) is 10.5. The van der Waals surface area contributed by atoms with Gasteiger partial charge >= 0.3 is 0 Å². The smallest absolute Gasteiger partial charge is 0.255 e. The predicted octanol–water partition coefficient (Wildman–Crippen LogP) is 4.05. The molecular formula is C24H27ClFN3O3S. The second-order valence-electron chi connectivity index (χ2n) is 8.88. The number of hydrogen-bond acceptors (Lipinski definition) is 6. The van der Waals surface area contributed by atoms with Crippen molar-refractivity contribution in [1.29, 1.82) is 0 Å². The first-order valence-corrected chi connectivity index (χ1v) is 12.4. The molecule has 2 aromatic rings. The van der Waals surface area contributed by atoms with E-state index in [9.17, 15) is 14.3 Å². The van der Waals surface area contributed by atoms with Gasteiger partial charge in [0.1, 0.15) is 11.6 Å². The van der Waals surface area contributed by atoms with Crippen LogP contribution in [0.2, 0.25) is 5.02 Å². The topological polar surface area (TPSA) is 56.3 Å². The molecule has 0 aromatic heterocycles. The van der Waals surface area contributed by atoms with Crippen molar-refractivity contribution in [3.63, 3.8) is 0 Å². The van der Waals surface area contributed by atoms with E-state index in [0.717, 1.165) is 42.1 Å². The highest BCUT2D eigenvalue weighted by atomic mass is 35.5. The number of anilines is 1. The highest BCUT2D eigenvalue weighted by molar-refractivity contribution is 7.97. The number of likely N-dealkylation sites (tertiary alicyclic amines) is 1. The van der Waals surface area contributed by atoms with Gasteiger partial charge in [-0.05, 0) is 67.6 Å². The number of hydrogen-bond donors (Lipinski definition) is 1. The number of aliphatic hydroxyl groups excluding tert-OH is 1. The third-order valence-corrected chi connectivity index (χ3v) is 8.09. The van der Waals surface area contributed by atoms with Crippen molar-refractivity contribution in [3.8, 4) is 5.75 Å². The summed E-state index contributed by atoms with van der Waals surface area (Å²) >= 11 is 7.82. The minimum atomic E-state index is -0.449. The molecule has 1 N–H and O–H groups in total. The largest absolute Gasteiger partial charge is 0.495 e. The third-order valence-electron chi connectivity index (χ3n) is 6.72. The van der Waals surface area contributed by atoms with E-state index in [2.05, 4.69) is 21.3 Å². The number of nitrogens with zero attached hydrogens (tertiary/aromatic N) is 3. The van der Waals surface area contributed by atoms with Crippen molar-refractivity contribution in [3.05, 3.63) is 52.8 Å². The zero-order valence-electron chi connectivity index (χ0n) is 18.4. The quantitative estimate of drug-likeness (QED) is 0.637. The molecule has 6 nitrogen and oxygen atoms in total. The molecule has 33 heavy (non-hydrogen) atoms. The molecule has 176 valence electrons. The van der Waals surface area contributed by atoms with Gasteiger partial charge in [-0.25, -0.2) is 8.70 Å². The number of ether oxygens (including phenoxy) is 1. The SMILES string of the molecule is COc1ccc(SN2CCC(O)C2)cc1N1C2CCC1CN(C(=O)c1ccc(F)cc1Cl)C2. The van der Waals surface area contributed by atoms with Crippen LogP contribution in [0.1, 0.15) is 29.6 Å². The number of benzene rings is 2. The van der Waals surface area contributed by atoms with Gasteiger partial charge < -0.3 is 19.6 Å². The van der Waals surface area contributed by atoms with E-state index in [-0.39, 0.29) is 29.1 Å². The van der Waals surface area contributed by atoms with E-state index >= 15 is 0 Å². The Morgan fingerprint density at radius 3 is 2.52 bits per heavy atom. The molecule has 1 amide bonds. The van der Waals surface area contributed by atoms with Gasteiger partial charge in [0, 0.05) is 43.2 Å². The first kappa shape index (κ1) is 22.8. The number of carbonyl (C=O) groups excluding carboxylic acids is 1. The maximum atomic E-state index is 13.4. The highest BCUT2D eigenvalue weighted by Gasteiger charge is 2.43. The van der Waals surface area contributed by atoms with E-state index in [1.54, 1.807) is 19.1 Å². The minimum absolute atomic E-state index is 0.146. The molecule has 3 fully saturated rings. The fraction of sp³-hybridized carbons (Fsp3) is 0.458. The summed E-state index contributed by atoms with van der Waals surface area (Å²) in [7, 11) is 1.68. The van der Waals surface area contributed by atoms with Crippen LogP contribution >= 0.6 is 23.5 Å². The van der Waals surface area contributed by atoms with E-state index in [1.807, 2.05) is 11.0 Å². The minimum Gasteiger partial charge on any atom is -0.495 e. The van der Waals surface area contributed by atoms with Gasteiger partial charge in [-0.3, -0.25) is 4.79 Å². The Morgan fingerprint density at radius 1 is 1.12 bits per heavy atom. The Kier molecular flexibility index (Phi) is 6.44. The van der Waals surface area contributed by atoms with Crippen LogP contribution in [0.25, 0.3) is 0 Å². The first-order chi connectivity index (χ1) is 15.9. The molecule has 3 aliphatic heterocycles. The van der Waals surface area contributed by atoms with Crippen molar-refractivity contribution in [2.24, 2.45) is 0 Å². The first-order valence-electron chi connectivity index (χ1n) is 11.2. The zero-order chi connectivity index (χ0) is 23.1. The molecule has 9 heteroatoms. The molecule has 2 aromatic carbocycles. The number of amides is 1. The standard InChI is InChI=1S/C24H27ClFN3O3S/c1-32-23-7-5-19(33-28-9-8-18(30)14-28)11-22(23)29-16-3-4-17(29)13-27(12-16)24(31)20-6-2-15(26)10-21(20)25/h2,5-7,10-11,16-18,30H,3-4,8-9,12-14H2,1H3. The van der Waals surface area contributed by atoms with Crippen LogP contribution in [-0.2, 0) is 0 Å². The van der Waals surface area contributed by atoms with Crippen molar-refractivity contribution >= 4 is 35.1 Å². The highest BCUT2D eigenvalue weighted by Crippen LogP contribution is 2.42. The predicted molar refractivity (Wildman–Crippen MR) is 128 cm³/mol. The maximum absolute atomic E-state index is 13.4. The molecule has 2 bridgehead atoms. The lowest BCUT2D eigenvalue weighted by atomic mass is 10.1. The molecule has 5 rings (SSSR count). The van der Waals surface area contributed by atoms with Gasteiger partial charge in [-0.1, -0.05) is 11.6 Å². The molecule has 0 saturated carbocycles. The van der Waals surface area contributed by atoms with Crippen molar-refractivity contribution in [2.75, 3.05) is 38.2 Å². The van der Waals surface area contributed by atoms with Gasteiger partial charge in [0.25, 0.3) is 5.91 Å². The molecule has 3 heterocycles. The summed E-state index contributed by atoms with van der Waals surface area (Å²) in [5.74, 6) is 0.217. The summed E-state index contributed by atoms with van der Waals surface area (Å²) in [4.78, 5) is 18.5. The summed E-state index contributed by atoms with van der Waals surface area (Å²) in [6.45, 7) is 2.71. The van der Waals surface area contributed by atoms with E-state index in [0.29, 0.717) is 25.2 Å². The van der Waals surface area contributed by atoms with Crippen LogP contribution in [0.15, 0.2) is 41.3 Å². The Hall–Kier alpha value is -2.00. The number of halogens is 2. The maximum Gasteiger partial charge on any atom is 0.255 e. The van der Waals surface area contributed by atoms with Gasteiger partial charge in [-0.2, -0.15) is 0 Å². The summed E-state index contributed by atoms with van der Waals surface area (Å²) in [5.41, 5.74) is 1.39. The van der Waals surface area contributed by atoms with Crippen molar-refractivity contribution < 1.29 is 19.0 Å². The monoisotopic (exact) mass is 491 g/mol.